The van der Waals surface area contributed by atoms with Gasteiger partial charge in [0.05, 0.1) is 6.61 Å². The highest BCUT2D eigenvalue weighted by Crippen LogP contribution is 2.35. The fourth-order valence-corrected chi connectivity index (χ4v) is 2.85. The standard InChI is InChI=1S/C18H21ClN2O3/c1-21(7-8-22)11-14-9-15(5-6-16(14)19)20-10-13-3-2-4-17-18(13)24-12-23-17/h2-6,9,20,22H,7-8,10-12H2,1H3. The van der Waals surface area contributed by atoms with Crippen molar-refractivity contribution in [1.82, 2.24) is 4.90 Å². The number of halogens is 1. The van der Waals surface area contributed by atoms with E-state index in [1.165, 1.54) is 0 Å². The molecule has 5 nitrogen and oxygen atoms in total. The summed E-state index contributed by atoms with van der Waals surface area (Å²) < 4.78 is 10.9. The maximum absolute atomic E-state index is 9.02. The molecule has 2 aromatic rings. The molecule has 6 heteroatoms. The fraction of sp³-hybridized carbons (Fsp3) is 0.333. The lowest BCUT2D eigenvalue weighted by Crippen LogP contribution is -2.21. The fourth-order valence-electron chi connectivity index (χ4n) is 2.67. The molecule has 0 atom stereocenters. The molecule has 3 rings (SSSR count). The average Bonchev–Trinajstić information content (AvgIpc) is 3.05. The zero-order valence-electron chi connectivity index (χ0n) is 13.6. The number of aliphatic hydroxyl groups excluding tert-OH is 1. The Kier molecular flexibility index (Phi) is 5.45. The lowest BCUT2D eigenvalue weighted by molar-refractivity contribution is 0.173. The number of ether oxygens (including phenoxy) is 2. The van der Waals surface area contributed by atoms with Crippen LogP contribution in [0.1, 0.15) is 11.1 Å². The Bertz CT molecular complexity index is 709. The largest absolute Gasteiger partial charge is 0.454 e. The minimum Gasteiger partial charge on any atom is -0.454 e. The van der Waals surface area contributed by atoms with Gasteiger partial charge in [-0.3, -0.25) is 4.90 Å². The predicted octanol–water partition coefficient (Wildman–Crippen LogP) is 3.10. The van der Waals surface area contributed by atoms with Gasteiger partial charge >= 0.3 is 0 Å². The molecule has 2 aromatic carbocycles. The third-order valence-electron chi connectivity index (χ3n) is 3.93. The Labute approximate surface area is 146 Å². The van der Waals surface area contributed by atoms with E-state index in [2.05, 4.69) is 5.32 Å². The Morgan fingerprint density at radius 1 is 1.21 bits per heavy atom. The summed E-state index contributed by atoms with van der Waals surface area (Å²) in [6.07, 6.45) is 0. The second kappa shape index (κ2) is 7.75. The number of anilines is 1. The van der Waals surface area contributed by atoms with Gasteiger partial charge in [0, 0.05) is 35.9 Å². The van der Waals surface area contributed by atoms with E-state index in [-0.39, 0.29) is 13.4 Å². The van der Waals surface area contributed by atoms with Gasteiger partial charge in [-0.2, -0.15) is 0 Å². The summed E-state index contributed by atoms with van der Waals surface area (Å²) in [5, 5.41) is 13.1. The van der Waals surface area contributed by atoms with Crippen LogP contribution in [0.3, 0.4) is 0 Å². The average molecular weight is 349 g/mol. The zero-order valence-corrected chi connectivity index (χ0v) is 14.3. The van der Waals surface area contributed by atoms with Crippen LogP contribution in [0.2, 0.25) is 5.02 Å². The van der Waals surface area contributed by atoms with Crippen LogP contribution in [0.25, 0.3) is 0 Å². The summed E-state index contributed by atoms with van der Waals surface area (Å²) in [6.45, 7) is 2.34. The molecule has 128 valence electrons. The SMILES string of the molecule is CN(CCO)Cc1cc(NCc2cccc3c2OCO3)ccc1Cl. The van der Waals surface area contributed by atoms with Crippen LogP contribution in [-0.2, 0) is 13.1 Å². The van der Waals surface area contributed by atoms with E-state index in [9.17, 15) is 0 Å². The van der Waals surface area contributed by atoms with Gasteiger partial charge in [0.2, 0.25) is 6.79 Å². The quantitative estimate of drug-likeness (QED) is 0.805. The first-order chi connectivity index (χ1) is 11.7. The van der Waals surface area contributed by atoms with E-state index < -0.39 is 0 Å². The second-order valence-corrected chi connectivity index (χ2v) is 6.18. The van der Waals surface area contributed by atoms with Crippen molar-refractivity contribution in [2.24, 2.45) is 0 Å². The van der Waals surface area contributed by atoms with E-state index in [4.69, 9.17) is 26.2 Å². The van der Waals surface area contributed by atoms with Crippen molar-refractivity contribution in [2.75, 3.05) is 32.3 Å². The molecule has 1 aliphatic rings. The summed E-state index contributed by atoms with van der Waals surface area (Å²) >= 11 is 6.28. The number of para-hydroxylation sites is 1. The number of hydrogen-bond donors (Lipinski definition) is 2. The number of fused-ring (bicyclic) bond motifs is 1. The number of rotatable bonds is 7. The molecule has 0 saturated carbocycles. The van der Waals surface area contributed by atoms with E-state index in [0.29, 0.717) is 19.6 Å². The molecule has 0 saturated heterocycles. The van der Waals surface area contributed by atoms with Gasteiger partial charge in [-0.25, -0.2) is 0 Å². The first kappa shape index (κ1) is 16.9. The van der Waals surface area contributed by atoms with Gasteiger partial charge in [-0.1, -0.05) is 23.7 Å². The van der Waals surface area contributed by atoms with Crippen LogP contribution < -0.4 is 14.8 Å². The Hall–Kier alpha value is -1.95. The molecule has 0 amide bonds. The summed E-state index contributed by atoms with van der Waals surface area (Å²) in [5.74, 6) is 1.60. The molecule has 0 radical (unpaired) electrons. The van der Waals surface area contributed by atoms with Gasteiger partial charge in [-0.05, 0) is 36.9 Å². The number of nitrogens with one attached hydrogen (secondary N) is 1. The molecule has 0 spiro atoms. The third kappa shape index (κ3) is 3.93. The minimum absolute atomic E-state index is 0.132. The van der Waals surface area contributed by atoms with Crippen molar-refractivity contribution in [3.8, 4) is 11.5 Å². The first-order valence-corrected chi connectivity index (χ1v) is 8.24. The molecule has 1 aliphatic heterocycles. The van der Waals surface area contributed by atoms with Crippen molar-refractivity contribution < 1.29 is 14.6 Å². The number of aliphatic hydroxyl groups is 1. The third-order valence-corrected chi connectivity index (χ3v) is 4.30. The van der Waals surface area contributed by atoms with Crippen LogP contribution >= 0.6 is 11.6 Å². The van der Waals surface area contributed by atoms with Crippen molar-refractivity contribution in [3.05, 3.63) is 52.5 Å². The van der Waals surface area contributed by atoms with Crippen molar-refractivity contribution in [3.63, 3.8) is 0 Å². The van der Waals surface area contributed by atoms with Crippen molar-refractivity contribution >= 4 is 17.3 Å². The summed E-state index contributed by atoms with van der Waals surface area (Å²) in [5.41, 5.74) is 3.07. The number of likely N-dealkylation sites (N-methyl/N-ethyl adjacent to an activating group) is 1. The monoisotopic (exact) mass is 348 g/mol. The first-order valence-electron chi connectivity index (χ1n) is 7.86. The van der Waals surface area contributed by atoms with E-state index in [0.717, 1.165) is 33.3 Å². The maximum atomic E-state index is 9.02. The molecule has 24 heavy (non-hydrogen) atoms. The molecular formula is C18H21ClN2O3. The van der Waals surface area contributed by atoms with Gasteiger partial charge in [-0.15, -0.1) is 0 Å². The molecule has 1 heterocycles. The normalized spacial score (nSPS) is 12.7. The zero-order chi connectivity index (χ0) is 16.9. The topological polar surface area (TPSA) is 54.0 Å². The molecule has 0 aliphatic carbocycles. The Morgan fingerprint density at radius 2 is 2.08 bits per heavy atom. The maximum Gasteiger partial charge on any atom is 0.231 e. The smallest absolute Gasteiger partial charge is 0.231 e. The number of hydrogen-bond acceptors (Lipinski definition) is 5. The molecule has 0 fully saturated rings. The van der Waals surface area contributed by atoms with Crippen LogP contribution in [-0.4, -0.2) is 37.0 Å². The summed E-state index contributed by atoms with van der Waals surface area (Å²) in [4.78, 5) is 2.03. The minimum atomic E-state index is 0.132. The number of benzene rings is 2. The van der Waals surface area contributed by atoms with Gasteiger partial charge in [0.1, 0.15) is 0 Å². The summed E-state index contributed by atoms with van der Waals surface area (Å²) in [6, 6.07) is 11.8. The Balaban J connectivity index is 1.69. The molecular weight excluding hydrogens is 328 g/mol. The van der Waals surface area contributed by atoms with Crippen LogP contribution in [0.5, 0.6) is 11.5 Å². The van der Waals surface area contributed by atoms with Gasteiger partial charge < -0.3 is 19.9 Å². The molecule has 0 bridgehead atoms. The highest BCUT2D eigenvalue weighted by Gasteiger charge is 2.16. The van der Waals surface area contributed by atoms with Gasteiger partial charge in [0.25, 0.3) is 0 Å². The van der Waals surface area contributed by atoms with Crippen LogP contribution in [0, 0.1) is 0 Å². The predicted molar refractivity (Wildman–Crippen MR) is 94.8 cm³/mol. The van der Waals surface area contributed by atoms with Crippen molar-refractivity contribution in [1.29, 1.82) is 0 Å². The van der Waals surface area contributed by atoms with Crippen LogP contribution in [0.15, 0.2) is 36.4 Å². The molecule has 0 aromatic heterocycles. The highest BCUT2D eigenvalue weighted by atomic mass is 35.5. The van der Waals surface area contributed by atoms with Gasteiger partial charge in [0.15, 0.2) is 11.5 Å². The van der Waals surface area contributed by atoms with Crippen molar-refractivity contribution in [2.45, 2.75) is 13.1 Å². The number of nitrogens with zero attached hydrogens (tertiary/aromatic N) is 1. The second-order valence-electron chi connectivity index (χ2n) is 5.77. The molecule has 0 unspecified atom stereocenters. The van der Waals surface area contributed by atoms with E-state index >= 15 is 0 Å². The summed E-state index contributed by atoms with van der Waals surface area (Å²) in [7, 11) is 1.96. The molecule has 2 N–H and O–H groups in total. The highest BCUT2D eigenvalue weighted by molar-refractivity contribution is 6.31. The lowest BCUT2D eigenvalue weighted by atomic mass is 10.1. The van der Waals surface area contributed by atoms with E-state index in [1.807, 2.05) is 48.3 Å². The Morgan fingerprint density at radius 3 is 2.92 bits per heavy atom. The van der Waals surface area contributed by atoms with E-state index in [1.54, 1.807) is 0 Å². The van der Waals surface area contributed by atoms with Crippen LogP contribution in [0.4, 0.5) is 5.69 Å². The lowest BCUT2D eigenvalue weighted by Gasteiger charge is -2.17.